The fraction of sp³-hybridized carbons (Fsp3) is 0.458. The van der Waals surface area contributed by atoms with Gasteiger partial charge in [0.25, 0.3) is 0 Å². The fourth-order valence-corrected chi connectivity index (χ4v) is 7.25. The van der Waals surface area contributed by atoms with Crippen LogP contribution in [-0.4, -0.2) is 27.5 Å². The van der Waals surface area contributed by atoms with Crippen LogP contribution in [0.3, 0.4) is 0 Å². The lowest BCUT2D eigenvalue weighted by Crippen LogP contribution is -2.42. The maximum atomic E-state index is 13.8. The van der Waals surface area contributed by atoms with E-state index >= 15 is 0 Å². The number of sulfone groups is 1. The minimum absolute atomic E-state index is 0.00755. The summed E-state index contributed by atoms with van der Waals surface area (Å²) < 4.78 is 46.3. The summed E-state index contributed by atoms with van der Waals surface area (Å²) in [6.07, 6.45) is 2.42. The topological polar surface area (TPSA) is 63.7 Å². The first-order valence-electron chi connectivity index (χ1n) is 10.8. The van der Waals surface area contributed by atoms with Crippen LogP contribution in [0.4, 0.5) is 10.1 Å². The summed E-state index contributed by atoms with van der Waals surface area (Å²) in [6, 6.07) is 8.87. The van der Waals surface area contributed by atoms with Gasteiger partial charge in [0.15, 0.2) is 9.84 Å². The molecule has 1 saturated carbocycles. The first-order chi connectivity index (χ1) is 15.0. The van der Waals surface area contributed by atoms with Gasteiger partial charge in [0, 0.05) is 6.54 Å². The van der Waals surface area contributed by atoms with Gasteiger partial charge in [-0.15, -0.1) is 0 Å². The van der Waals surface area contributed by atoms with Crippen molar-refractivity contribution < 1.29 is 22.3 Å². The molecule has 2 aromatic rings. The number of amides is 1. The zero-order valence-electron chi connectivity index (χ0n) is 18.5. The van der Waals surface area contributed by atoms with Gasteiger partial charge in [-0.2, -0.15) is 0 Å². The zero-order valence-corrected chi connectivity index (χ0v) is 20.0. The lowest BCUT2D eigenvalue weighted by Gasteiger charge is -2.31. The summed E-state index contributed by atoms with van der Waals surface area (Å²) in [7, 11) is -3.87. The molecule has 4 rings (SSSR count). The Bertz CT molecular complexity index is 1170. The number of rotatable bonds is 4. The van der Waals surface area contributed by atoms with E-state index in [4.69, 9.17) is 16.3 Å². The van der Waals surface area contributed by atoms with Crippen LogP contribution in [0, 0.1) is 11.2 Å². The molecule has 0 unspecified atom stereocenters. The maximum Gasteiger partial charge on any atom is 0.236 e. The van der Waals surface area contributed by atoms with Crippen LogP contribution in [0.25, 0.3) is 0 Å². The molecule has 0 aromatic heterocycles. The van der Waals surface area contributed by atoms with Crippen LogP contribution in [0.2, 0.25) is 5.02 Å². The molecule has 1 aliphatic heterocycles. The minimum atomic E-state index is -3.87. The van der Waals surface area contributed by atoms with E-state index in [1.165, 1.54) is 12.1 Å². The van der Waals surface area contributed by atoms with Crippen molar-refractivity contribution >= 4 is 33.0 Å². The van der Waals surface area contributed by atoms with E-state index < -0.39 is 25.8 Å². The Labute approximate surface area is 193 Å². The second-order valence-electron chi connectivity index (χ2n) is 9.19. The normalized spacial score (nSPS) is 19.9. The number of halogens is 2. The van der Waals surface area contributed by atoms with Gasteiger partial charge in [0.1, 0.15) is 22.9 Å². The second-order valence-corrected chi connectivity index (χ2v) is 11.9. The van der Waals surface area contributed by atoms with Crippen molar-refractivity contribution in [1.29, 1.82) is 0 Å². The third-order valence-corrected chi connectivity index (χ3v) is 9.47. The van der Waals surface area contributed by atoms with Crippen molar-refractivity contribution in [2.45, 2.75) is 56.1 Å². The average Bonchev–Trinajstić information content (AvgIpc) is 3.24. The van der Waals surface area contributed by atoms with Crippen molar-refractivity contribution in [1.82, 2.24) is 0 Å². The number of benzene rings is 2. The Morgan fingerprint density at radius 1 is 1.12 bits per heavy atom. The third kappa shape index (κ3) is 3.50. The van der Waals surface area contributed by atoms with E-state index in [0.717, 1.165) is 18.9 Å². The highest BCUT2D eigenvalue weighted by Crippen LogP contribution is 2.50. The van der Waals surface area contributed by atoms with Gasteiger partial charge in [0.05, 0.1) is 21.0 Å². The summed E-state index contributed by atoms with van der Waals surface area (Å²) in [5.41, 5.74) is 0.566. The molecule has 32 heavy (non-hydrogen) atoms. The van der Waals surface area contributed by atoms with Crippen LogP contribution >= 0.6 is 11.6 Å². The monoisotopic (exact) mass is 479 g/mol. The number of anilines is 1. The van der Waals surface area contributed by atoms with Crippen molar-refractivity contribution in [2.24, 2.45) is 5.41 Å². The molecule has 2 aliphatic rings. The Morgan fingerprint density at radius 2 is 1.81 bits per heavy atom. The number of hydrogen-bond donors (Lipinski definition) is 0. The van der Waals surface area contributed by atoms with E-state index in [1.807, 2.05) is 20.8 Å². The number of nitrogens with zero attached hydrogens (tertiary/aromatic N) is 1. The molecule has 1 heterocycles. The summed E-state index contributed by atoms with van der Waals surface area (Å²) in [5, 5.41) is -0.219. The molecule has 8 heteroatoms. The van der Waals surface area contributed by atoms with E-state index in [0.29, 0.717) is 36.4 Å². The van der Waals surface area contributed by atoms with Crippen LogP contribution in [0.15, 0.2) is 41.3 Å². The minimum Gasteiger partial charge on any atom is -0.490 e. The summed E-state index contributed by atoms with van der Waals surface area (Å²) in [5.74, 6) is -0.186. The quantitative estimate of drug-likeness (QED) is 0.543. The molecule has 5 nitrogen and oxygen atoms in total. The number of ether oxygens (including phenoxy) is 1. The number of carbonyl (C=O) groups excluding carboxylic acids is 1. The number of hydrogen-bond acceptors (Lipinski definition) is 4. The third-order valence-electron chi connectivity index (χ3n) is 6.63. The number of fused-ring (bicyclic) bond motifs is 1. The van der Waals surface area contributed by atoms with E-state index in [9.17, 15) is 17.6 Å². The van der Waals surface area contributed by atoms with Crippen LogP contribution in [0.1, 0.15) is 52.0 Å². The van der Waals surface area contributed by atoms with Crippen LogP contribution < -0.4 is 9.64 Å². The SMILES string of the molecule is CCN1C(=O)C(C)(C)COc2cc(C3(S(=O)(=O)c4ccc(F)c(Cl)c4)CCCC3)ccc21. The predicted molar refractivity (Wildman–Crippen MR) is 122 cm³/mol. The highest BCUT2D eigenvalue weighted by molar-refractivity contribution is 7.92. The Balaban J connectivity index is 1.85. The molecule has 1 fully saturated rings. The standard InChI is InChI=1S/C24H27ClFNO4S/c1-4-27-20-10-7-16(13-21(20)31-15-23(2,3)22(27)28)24(11-5-6-12-24)32(29,30)17-8-9-19(26)18(25)14-17/h7-10,13-14H,4-6,11-12,15H2,1-3H3. The molecule has 1 aliphatic carbocycles. The summed E-state index contributed by atoms with van der Waals surface area (Å²) >= 11 is 5.91. The molecule has 0 bridgehead atoms. The number of carbonyl (C=O) groups is 1. The molecule has 0 saturated heterocycles. The molecule has 0 atom stereocenters. The smallest absolute Gasteiger partial charge is 0.236 e. The molecule has 0 spiro atoms. The zero-order chi connectivity index (χ0) is 23.3. The van der Waals surface area contributed by atoms with Crippen molar-refractivity contribution in [3.63, 3.8) is 0 Å². The molecule has 1 amide bonds. The van der Waals surface area contributed by atoms with Crippen LogP contribution in [0.5, 0.6) is 5.75 Å². The molecular formula is C24H27ClFNO4S. The van der Waals surface area contributed by atoms with Gasteiger partial charge in [-0.1, -0.05) is 30.5 Å². The molecule has 2 aromatic carbocycles. The Hall–Kier alpha value is -2.12. The van der Waals surface area contributed by atoms with Crippen LogP contribution in [-0.2, 0) is 19.4 Å². The van der Waals surface area contributed by atoms with Crippen molar-refractivity contribution in [3.8, 4) is 5.75 Å². The maximum absolute atomic E-state index is 13.8. The van der Waals surface area contributed by atoms with E-state index in [1.54, 1.807) is 23.1 Å². The molecule has 172 valence electrons. The van der Waals surface area contributed by atoms with Gasteiger partial charge < -0.3 is 9.64 Å². The highest BCUT2D eigenvalue weighted by atomic mass is 35.5. The second kappa shape index (κ2) is 8.03. The average molecular weight is 480 g/mol. The first-order valence-corrected chi connectivity index (χ1v) is 12.7. The predicted octanol–water partition coefficient (Wildman–Crippen LogP) is 5.49. The van der Waals surface area contributed by atoms with Gasteiger partial charge in [-0.25, -0.2) is 12.8 Å². The molecule has 0 radical (unpaired) electrons. The Morgan fingerprint density at radius 3 is 2.44 bits per heavy atom. The lowest BCUT2D eigenvalue weighted by atomic mass is 9.93. The molecular weight excluding hydrogens is 453 g/mol. The largest absolute Gasteiger partial charge is 0.490 e. The lowest BCUT2D eigenvalue weighted by molar-refractivity contribution is -0.127. The first kappa shape index (κ1) is 23.1. The van der Waals surface area contributed by atoms with Gasteiger partial charge in [-0.05, 0) is 69.5 Å². The summed E-state index contributed by atoms with van der Waals surface area (Å²) in [4.78, 5) is 14.7. The van der Waals surface area contributed by atoms with E-state index in [-0.39, 0.29) is 22.4 Å². The Kier molecular flexibility index (Phi) is 5.78. The van der Waals surface area contributed by atoms with Crippen molar-refractivity contribution in [3.05, 3.63) is 52.8 Å². The molecule has 0 N–H and O–H groups in total. The van der Waals surface area contributed by atoms with Gasteiger partial charge in [0.2, 0.25) is 5.91 Å². The highest BCUT2D eigenvalue weighted by Gasteiger charge is 2.49. The fourth-order valence-electron chi connectivity index (χ4n) is 4.77. The van der Waals surface area contributed by atoms with Gasteiger partial charge >= 0.3 is 0 Å². The summed E-state index contributed by atoms with van der Waals surface area (Å²) in [6.45, 7) is 6.26. The van der Waals surface area contributed by atoms with Crippen molar-refractivity contribution in [2.75, 3.05) is 18.1 Å². The van der Waals surface area contributed by atoms with E-state index in [2.05, 4.69) is 0 Å². The van der Waals surface area contributed by atoms with Gasteiger partial charge in [-0.3, -0.25) is 4.79 Å².